The fourth-order valence-corrected chi connectivity index (χ4v) is 3.35. The topological polar surface area (TPSA) is 98.1 Å². The summed E-state index contributed by atoms with van der Waals surface area (Å²) in [5, 5.41) is 2.81. The number of carbonyl (C=O) groups is 1. The van der Waals surface area contributed by atoms with E-state index in [1.807, 2.05) is 42.5 Å². The minimum absolute atomic E-state index is 0.248. The van der Waals surface area contributed by atoms with Crippen LogP contribution in [0.25, 0.3) is 22.3 Å². The number of aromatic amines is 1. The van der Waals surface area contributed by atoms with Crippen LogP contribution in [0.4, 0.5) is 5.69 Å². The number of H-pyrrole nitrogens is 1. The van der Waals surface area contributed by atoms with E-state index in [2.05, 4.69) is 10.3 Å². The molecule has 1 atom stereocenters. The molecule has 0 aliphatic heterocycles. The van der Waals surface area contributed by atoms with E-state index >= 15 is 0 Å². The van der Waals surface area contributed by atoms with Crippen molar-refractivity contribution in [3.63, 3.8) is 0 Å². The number of para-hydroxylation sites is 1. The molecule has 158 valence electrons. The van der Waals surface area contributed by atoms with E-state index in [9.17, 15) is 14.4 Å². The van der Waals surface area contributed by atoms with Crippen molar-refractivity contribution in [2.45, 2.75) is 13.0 Å². The maximum absolute atomic E-state index is 12.4. The number of ether oxygens (including phenoxy) is 1. The minimum atomic E-state index is -0.684. The van der Waals surface area contributed by atoms with Crippen LogP contribution in [-0.2, 0) is 18.9 Å². The zero-order chi connectivity index (χ0) is 22.1. The molecule has 2 aromatic carbocycles. The highest BCUT2D eigenvalue weighted by Gasteiger charge is 2.16. The highest BCUT2D eigenvalue weighted by atomic mass is 16.5. The van der Waals surface area contributed by atoms with Crippen molar-refractivity contribution < 1.29 is 9.53 Å². The van der Waals surface area contributed by atoms with Gasteiger partial charge >= 0.3 is 5.69 Å². The van der Waals surface area contributed by atoms with E-state index in [0.717, 1.165) is 10.1 Å². The number of aromatic nitrogens is 3. The van der Waals surface area contributed by atoms with Gasteiger partial charge in [-0.3, -0.25) is 18.7 Å². The van der Waals surface area contributed by atoms with Gasteiger partial charge in [0.2, 0.25) is 0 Å². The van der Waals surface area contributed by atoms with Crippen molar-refractivity contribution in [3.8, 4) is 17.0 Å². The largest absolute Gasteiger partial charge is 0.481 e. The highest BCUT2D eigenvalue weighted by Crippen LogP contribution is 2.24. The van der Waals surface area contributed by atoms with Gasteiger partial charge in [-0.15, -0.1) is 0 Å². The summed E-state index contributed by atoms with van der Waals surface area (Å²) in [6, 6.07) is 18.1. The number of nitrogens with zero attached hydrogens (tertiary/aromatic N) is 2. The lowest BCUT2D eigenvalue weighted by molar-refractivity contribution is -0.122. The number of carbonyl (C=O) groups excluding carboxylic acids is 1. The Morgan fingerprint density at radius 2 is 1.68 bits per heavy atom. The van der Waals surface area contributed by atoms with Crippen LogP contribution in [0.15, 0.2) is 70.3 Å². The molecule has 0 saturated carbocycles. The Labute approximate surface area is 177 Å². The van der Waals surface area contributed by atoms with E-state index < -0.39 is 6.10 Å². The summed E-state index contributed by atoms with van der Waals surface area (Å²) in [7, 11) is 3.08. The Bertz CT molecular complexity index is 1370. The molecule has 0 saturated heterocycles. The summed E-state index contributed by atoms with van der Waals surface area (Å²) in [4.78, 5) is 39.9. The Hall–Kier alpha value is -4.07. The van der Waals surface area contributed by atoms with Gasteiger partial charge in [0.1, 0.15) is 11.3 Å². The molecule has 4 rings (SSSR count). The van der Waals surface area contributed by atoms with Crippen LogP contribution < -0.4 is 21.3 Å². The number of aryl methyl sites for hydroxylation is 1. The molecule has 0 fully saturated rings. The van der Waals surface area contributed by atoms with Crippen molar-refractivity contribution in [2.24, 2.45) is 14.1 Å². The monoisotopic (exact) mass is 418 g/mol. The number of hydrogen-bond acceptors (Lipinski definition) is 4. The fourth-order valence-electron chi connectivity index (χ4n) is 3.35. The predicted molar refractivity (Wildman–Crippen MR) is 119 cm³/mol. The predicted octanol–water partition coefficient (Wildman–Crippen LogP) is 2.64. The van der Waals surface area contributed by atoms with E-state index in [1.165, 1.54) is 11.6 Å². The van der Waals surface area contributed by atoms with Gasteiger partial charge in [0.15, 0.2) is 6.10 Å². The van der Waals surface area contributed by atoms with Gasteiger partial charge in [-0.05, 0) is 55.0 Å². The molecule has 31 heavy (non-hydrogen) atoms. The standard InChI is InChI=1S/C23H22N4O4/c1-14(21(28)24-16-7-5-4-6-8-16)31-17-11-9-15(10-12-17)18-13-19-20(25-18)22(29)27(3)23(30)26(19)2/h4-14,25H,1-3H3,(H,24,28). The van der Waals surface area contributed by atoms with Crippen molar-refractivity contribution in [2.75, 3.05) is 5.32 Å². The molecule has 8 nitrogen and oxygen atoms in total. The second-order valence-corrected chi connectivity index (χ2v) is 7.29. The fraction of sp³-hybridized carbons (Fsp3) is 0.174. The lowest BCUT2D eigenvalue weighted by Gasteiger charge is -2.15. The second-order valence-electron chi connectivity index (χ2n) is 7.29. The number of fused-ring (bicyclic) bond motifs is 1. The van der Waals surface area contributed by atoms with Crippen molar-refractivity contribution in [1.82, 2.24) is 14.1 Å². The number of benzene rings is 2. The summed E-state index contributed by atoms with van der Waals surface area (Å²) < 4.78 is 8.25. The lowest BCUT2D eigenvalue weighted by atomic mass is 10.1. The molecule has 0 spiro atoms. The van der Waals surface area contributed by atoms with Gasteiger partial charge in [0, 0.05) is 25.5 Å². The zero-order valence-corrected chi connectivity index (χ0v) is 17.4. The Kier molecular flexibility index (Phi) is 5.21. The molecule has 4 aromatic rings. The molecule has 1 unspecified atom stereocenters. The zero-order valence-electron chi connectivity index (χ0n) is 17.4. The van der Waals surface area contributed by atoms with Crippen molar-refractivity contribution in [3.05, 3.63) is 81.5 Å². The van der Waals surface area contributed by atoms with Crippen molar-refractivity contribution >= 4 is 22.6 Å². The van der Waals surface area contributed by atoms with E-state index in [1.54, 1.807) is 32.2 Å². The Balaban J connectivity index is 1.53. The van der Waals surface area contributed by atoms with E-state index in [0.29, 0.717) is 28.2 Å². The number of amides is 1. The summed E-state index contributed by atoms with van der Waals surface area (Å²) in [5.74, 6) is 0.293. The Morgan fingerprint density at radius 3 is 2.35 bits per heavy atom. The highest BCUT2D eigenvalue weighted by molar-refractivity contribution is 5.94. The molecule has 1 amide bonds. The number of anilines is 1. The molecule has 2 N–H and O–H groups in total. The summed E-state index contributed by atoms with van der Waals surface area (Å²) in [6.07, 6.45) is -0.684. The lowest BCUT2D eigenvalue weighted by Crippen LogP contribution is -2.36. The first-order valence-electron chi connectivity index (χ1n) is 9.77. The van der Waals surface area contributed by atoms with Crippen LogP contribution in [0, 0.1) is 0 Å². The minimum Gasteiger partial charge on any atom is -0.481 e. The third kappa shape index (κ3) is 3.87. The first-order valence-corrected chi connectivity index (χ1v) is 9.77. The second kappa shape index (κ2) is 7.98. The van der Waals surface area contributed by atoms with Crippen LogP contribution >= 0.6 is 0 Å². The van der Waals surface area contributed by atoms with Gasteiger partial charge in [-0.25, -0.2) is 4.79 Å². The van der Waals surface area contributed by atoms with Crippen LogP contribution in [-0.4, -0.2) is 26.1 Å². The van der Waals surface area contributed by atoms with Gasteiger partial charge < -0.3 is 15.0 Å². The molecule has 8 heteroatoms. The van der Waals surface area contributed by atoms with Crippen LogP contribution in [0.5, 0.6) is 5.75 Å². The molecule has 0 aliphatic carbocycles. The van der Waals surface area contributed by atoms with Crippen LogP contribution in [0.2, 0.25) is 0 Å². The number of rotatable bonds is 5. The van der Waals surface area contributed by atoms with Crippen LogP contribution in [0.1, 0.15) is 6.92 Å². The average Bonchev–Trinajstić information content (AvgIpc) is 3.23. The van der Waals surface area contributed by atoms with Gasteiger partial charge in [0.25, 0.3) is 11.5 Å². The van der Waals surface area contributed by atoms with Crippen molar-refractivity contribution in [1.29, 1.82) is 0 Å². The van der Waals surface area contributed by atoms with Gasteiger partial charge in [-0.1, -0.05) is 18.2 Å². The molecule has 0 radical (unpaired) electrons. The SMILES string of the molecule is CC(Oc1ccc(-c2cc3c([nH]2)c(=O)n(C)c(=O)n3C)cc1)C(=O)Nc1ccccc1. The third-order valence-electron chi connectivity index (χ3n) is 5.14. The van der Waals surface area contributed by atoms with Gasteiger partial charge in [0.05, 0.1) is 5.52 Å². The molecule has 2 aromatic heterocycles. The normalized spacial score (nSPS) is 12.0. The third-order valence-corrected chi connectivity index (χ3v) is 5.14. The number of hydrogen-bond donors (Lipinski definition) is 2. The molecule has 0 aliphatic rings. The van der Waals surface area contributed by atoms with Crippen LogP contribution in [0.3, 0.4) is 0 Å². The smallest absolute Gasteiger partial charge is 0.331 e. The maximum atomic E-state index is 12.4. The van der Waals surface area contributed by atoms with Gasteiger partial charge in [-0.2, -0.15) is 0 Å². The van der Waals surface area contributed by atoms with E-state index in [4.69, 9.17) is 4.74 Å². The Morgan fingerprint density at radius 1 is 1.00 bits per heavy atom. The summed E-state index contributed by atoms with van der Waals surface area (Å²) in [5.41, 5.74) is 2.38. The summed E-state index contributed by atoms with van der Waals surface area (Å²) >= 11 is 0. The molecular formula is C23H22N4O4. The maximum Gasteiger partial charge on any atom is 0.331 e. The quantitative estimate of drug-likeness (QED) is 0.521. The first-order chi connectivity index (χ1) is 14.8. The molecule has 2 heterocycles. The van der Waals surface area contributed by atoms with E-state index in [-0.39, 0.29) is 17.2 Å². The number of nitrogens with one attached hydrogen (secondary N) is 2. The molecule has 0 bridgehead atoms. The average molecular weight is 418 g/mol. The molecular weight excluding hydrogens is 396 g/mol. The first kappa shape index (κ1) is 20.2. The summed E-state index contributed by atoms with van der Waals surface area (Å²) in [6.45, 7) is 1.68.